The van der Waals surface area contributed by atoms with Gasteiger partial charge in [-0.2, -0.15) is 0 Å². The first-order chi connectivity index (χ1) is 12.3. The molecule has 0 bridgehead atoms. The van der Waals surface area contributed by atoms with Gasteiger partial charge in [0.2, 0.25) is 11.8 Å². The summed E-state index contributed by atoms with van der Waals surface area (Å²) in [5, 5.41) is 5.64. The Kier molecular flexibility index (Phi) is 6.96. The van der Waals surface area contributed by atoms with Gasteiger partial charge >= 0.3 is 0 Å². The van der Waals surface area contributed by atoms with Crippen LogP contribution in [0.25, 0.3) is 0 Å². The molecule has 0 heterocycles. The average molecular weight is 352 g/mol. The van der Waals surface area contributed by atoms with Crippen LogP contribution < -0.4 is 10.6 Å². The molecule has 138 valence electrons. The minimum absolute atomic E-state index is 0.00517. The normalized spacial score (nSPS) is 11.2. The molecular weight excluding hydrogens is 324 g/mol. The van der Waals surface area contributed by atoms with E-state index in [1.54, 1.807) is 0 Å². The molecule has 0 aliphatic carbocycles. The lowest BCUT2D eigenvalue weighted by Crippen LogP contribution is -2.39. The summed E-state index contributed by atoms with van der Waals surface area (Å²) in [5.41, 5.74) is 2.21. The number of nitrogens with one attached hydrogen (secondary N) is 2. The number of carbonyl (C=O) groups is 2. The molecule has 0 fully saturated rings. The molecule has 0 spiro atoms. The van der Waals surface area contributed by atoms with Crippen LogP contribution in [0, 0.1) is 5.41 Å². The zero-order valence-corrected chi connectivity index (χ0v) is 15.8. The molecule has 2 aromatic carbocycles. The van der Waals surface area contributed by atoms with Gasteiger partial charge in [-0.15, -0.1) is 0 Å². The minimum atomic E-state index is -0.177. The quantitative estimate of drug-likeness (QED) is 0.801. The minimum Gasteiger partial charge on any atom is -0.354 e. The van der Waals surface area contributed by atoms with Crippen LogP contribution in [0.15, 0.2) is 60.7 Å². The summed E-state index contributed by atoms with van der Waals surface area (Å²) in [7, 11) is 0. The maximum Gasteiger partial charge on any atom is 0.239 e. The van der Waals surface area contributed by atoms with Crippen molar-refractivity contribution in [1.29, 1.82) is 0 Å². The fourth-order valence-corrected chi connectivity index (χ4v) is 2.80. The average Bonchev–Trinajstić information content (AvgIpc) is 2.60. The van der Waals surface area contributed by atoms with E-state index < -0.39 is 0 Å². The molecule has 26 heavy (non-hydrogen) atoms. The van der Waals surface area contributed by atoms with Crippen molar-refractivity contribution >= 4 is 11.8 Å². The smallest absolute Gasteiger partial charge is 0.239 e. The lowest BCUT2D eigenvalue weighted by Gasteiger charge is -2.19. The molecule has 2 amide bonds. The molecular formula is C22H28N2O2. The zero-order valence-electron chi connectivity index (χ0n) is 15.8. The van der Waals surface area contributed by atoms with Crippen molar-refractivity contribution < 1.29 is 9.59 Å². The van der Waals surface area contributed by atoms with Crippen molar-refractivity contribution in [1.82, 2.24) is 10.6 Å². The Balaban J connectivity index is 1.93. The summed E-state index contributed by atoms with van der Waals surface area (Å²) >= 11 is 0. The Morgan fingerprint density at radius 1 is 0.808 bits per heavy atom. The SMILES string of the molecule is CC(C)(C)CC(=O)NCC(=O)NCC(c1ccccc1)c1ccccc1. The van der Waals surface area contributed by atoms with Gasteiger partial charge in [0.15, 0.2) is 0 Å². The van der Waals surface area contributed by atoms with Crippen molar-refractivity contribution in [2.75, 3.05) is 13.1 Å². The summed E-state index contributed by atoms with van der Waals surface area (Å²) in [6.07, 6.45) is 0.400. The van der Waals surface area contributed by atoms with Gasteiger partial charge in [-0.1, -0.05) is 81.4 Å². The predicted octanol–water partition coefficient (Wildman–Crippen LogP) is 3.49. The Hall–Kier alpha value is -2.62. The van der Waals surface area contributed by atoms with E-state index in [1.807, 2.05) is 57.2 Å². The lowest BCUT2D eigenvalue weighted by atomic mass is 9.91. The fourth-order valence-electron chi connectivity index (χ4n) is 2.80. The standard InChI is InChI=1S/C22H28N2O2/c1-22(2,3)14-20(25)24-16-21(26)23-15-19(17-10-6-4-7-11-17)18-12-8-5-9-13-18/h4-13,19H,14-16H2,1-3H3,(H,23,26)(H,24,25). The number of rotatable bonds is 7. The summed E-state index contributed by atoms with van der Waals surface area (Å²) in [6.45, 7) is 6.48. The Morgan fingerprint density at radius 2 is 1.31 bits per heavy atom. The van der Waals surface area contributed by atoms with E-state index in [9.17, 15) is 9.59 Å². The van der Waals surface area contributed by atoms with E-state index in [0.29, 0.717) is 13.0 Å². The van der Waals surface area contributed by atoms with E-state index in [1.165, 1.54) is 0 Å². The second-order valence-corrected chi connectivity index (χ2v) is 7.69. The number of hydrogen-bond acceptors (Lipinski definition) is 2. The molecule has 2 aromatic rings. The van der Waals surface area contributed by atoms with E-state index in [4.69, 9.17) is 0 Å². The summed E-state index contributed by atoms with van der Waals surface area (Å²) in [6, 6.07) is 20.2. The van der Waals surface area contributed by atoms with Crippen molar-refractivity contribution in [3.8, 4) is 0 Å². The molecule has 0 saturated carbocycles. The first kappa shape index (κ1) is 19.7. The van der Waals surface area contributed by atoms with Crippen LogP contribution >= 0.6 is 0 Å². The number of hydrogen-bond donors (Lipinski definition) is 2. The van der Waals surface area contributed by atoms with Crippen LogP contribution in [0.4, 0.5) is 0 Å². The number of carbonyl (C=O) groups excluding carboxylic acids is 2. The fraction of sp³-hybridized carbons (Fsp3) is 0.364. The molecule has 0 aliphatic heterocycles. The summed E-state index contributed by atoms with van der Waals surface area (Å²) in [4.78, 5) is 24.0. The highest BCUT2D eigenvalue weighted by Gasteiger charge is 2.17. The number of amides is 2. The van der Waals surface area contributed by atoms with Gasteiger partial charge in [-0.3, -0.25) is 9.59 Å². The van der Waals surface area contributed by atoms with Gasteiger partial charge < -0.3 is 10.6 Å². The van der Waals surface area contributed by atoms with Gasteiger partial charge in [-0.25, -0.2) is 0 Å². The summed E-state index contributed by atoms with van der Waals surface area (Å²) < 4.78 is 0. The van der Waals surface area contributed by atoms with Gasteiger partial charge in [0, 0.05) is 18.9 Å². The molecule has 0 saturated heterocycles. The van der Waals surface area contributed by atoms with Crippen molar-refractivity contribution in [2.24, 2.45) is 5.41 Å². The largest absolute Gasteiger partial charge is 0.354 e. The van der Waals surface area contributed by atoms with Crippen molar-refractivity contribution in [3.05, 3.63) is 71.8 Å². The molecule has 4 nitrogen and oxygen atoms in total. The van der Waals surface area contributed by atoms with Gasteiger partial charge in [0.1, 0.15) is 0 Å². The van der Waals surface area contributed by atoms with Gasteiger partial charge in [-0.05, 0) is 16.5 Å². The van der Waals surface area contributed by atoms with Crippen LogP contribution in [-0.2, 0) is 9.59 Å². The van der Waals surface area contributed by atoms with E-state index in [2.05, 4.69) is 34.9 Å². The first-order valence-electron chi connectivity index (χ1n) is 8.98. The maximum absolute atomic E-state index is 12.2. The van der Waals surface area contributed by atoms with Crippen LogP contribution in [-0.4, -0.2) is 24.9 Å². The van der Waals surface area contributed by atoms with Crippen LogP contribution in [0.5, 0.6) is 0 Å². The molecule has 2 N–H and O–H groups in total. The molecule has 0 atom stereocenters. The molecule has 0 aliphatic rings. The van der Waals surface area contributed by atoms with Gasteiger partial charge in [0.05, 0.1) is 6.54 Å². The van der Waals surface area contributed by atoms with Crippen molar-refractivity contribution in [2.45, 2.75) is 33.1 Å². The zero-order chi connectivity index (χ0) is 19.0. The third-order valence-electron chi connectivity index (χ3n) is 4.04. The highest BCUT2D eigenvalue weighted by molar-refractivity contribution is 5.84. The third-order valence-corrected chi connectivity index (χ3v) is 4.04. The van der Waals surface area contributed by atoms with Crippen LogP contribution in [0.2, 0.25) is 0 Å². The Bertz CT molecular complexity index is 666. The topological polar surface area (TPSA) is 58.2 Å². The maximum atomic E-state index is 12.2. The highest BCUT2D eigenvalue weighted by Crippen LogP contribution is 2.23. The van der Waals surface area contributed by atoms with E-state index in [-0.39, 0.29) is 29.7 Å². The predicted molar refractivity (Wildman–Crippen MR) is 105 cm³/mol. The first-order valence-corrected chi connectivity index (χ1v) is 8.98. The van der Waals surface area contributed by atoms with Gasteiger partial charge in [0.25, 0.3) is 0 Å². The third kappa shape index (κ3) is 6.71. The second-order valence-electron chi connectivity index (χ2n) is 7.69. The lowest BCUT2D eigenvalue weighted by molar-refractivity contribution is -0.127. The summed E-state index contributed by atoms with van der Waals surface area (Å²) in [5.74, 6) is -0.203. The monoisotopic (exact) mass is 352 g/mol. The van der Waals surface area contributed by atoms with Crippen LogP contribution in [0.3, 0.4) is 0 Å². The molecule has 0 unspecified atom stereocenters. The molecule has 0 aromatic heterocycles. The molecule has 4 heteroatoms. The van der Waals surface area contributed by atoms with Crippen molar-refractivity contribution in [3.63, 3.8) is 0 Å². The van der Waals surface area contributed by atoms with E-state index >= 15 is 0 Å². The Labute approximate surface area is 156 Å². The molecule has 0 radical (unpaired) electrons. The molecule has 2 rings (SSSR count). The Morgan fingerprint density at radius 3 is 1.77 bits per heavy atom. The highest BCUT2D eigenvalue weighted by atomic mass is 16.2. The number of benzene rings is 2. The van der Waals surface area contributed by atoms with Crippen LogP contribution in [0.1, 0.15) is 44.2 Å². The van der Waals surface area contributed by atoms with E-state index in [0.717, 1.165) is 11.1 Å². The second kappa shape index (κ2) is 9.18.